The van der Waals surface area contributed by atoms with Gasteiger partial charge in [-0.1, -0.05) is 67.1 Å². The number of nitrogens with one attached hydrogen (secondary N) is 1. The smallest absolute Gasteiger partial charge is 0.273 e. The van der Waals surface area contributed by atoms with Crippen LogP contribution in [0.25, 0.3) is 0 Å². The fourth-order valence-electron chi connectivity index (χ4n) is 5.41. The number of ether oxygens (including phenoxy) is 2. The Morgan fingerprint density at radius 2 is 1.65 bits per heavy atom. The minimum absolute atomic E-state index is 0.0760. The Labute approximate surface area is 303 Å². The van der Waals surface area contributed by atoms with Crippen molar-refractivity contribution in [2.75, 3.05) is 25.1 Å². The molecule has 51 heavy (non-hydrogen) atoms. The first-order valence-corrected chi connectivity index (χ1v) is 18.0. The van der Waals surface area contributed by atoms with Crippen molar-refractivity contribution in [2.45, 2.75) is 57.1 Å². The number of nitro benzene ring substituents is 1. The van der Waals surface area contributed by atoms with Gasteiger partial charge in [-0.15, -0.1) is 0 Å². The summed E-state index contributed by atoms with van der Waals surface area (Å²) in [6, 6.07) is 22.7. The van der Waals surface area contributed by atoms with Gasteiger partial charge in [0.15, 0.2) is 0 Å². The van der Waals surface area contributed by atoms with Gasteiger partial charge in [0, 0.05) is 35.7 Å². The monoisotopic (exact) mass is 736 g/mol. The molecule has 0 aliphatic rings. The molecule has 0 spiro atoms. The molecular weight excluding hydrogens is 696 g/mol. The second-order valence-electron chi connectivity index (χ2n) is 11.9. The van der Waals surface area contributed by atoms with E-state index in [9.17, 15) is 28.1 Å². The van der Waals surface area contributed by atoms with E-state index >= 15 is 0 Å². The lowest BCUT2D eigenvalue weighted by Crippen LogP contribution is -2.54. The summed E-state index contributed by atoms with van der Waals surface area (Å²) < 4.78 is 40.7. The number of nitro groups is 1. The molecule has 0 aliphatic heterocycles. The maximum absolute atomic E-state index is 14.8. The molecule has 1 N–H and O–H groups in total. The van der Waals surface area contributed by atoms with Gasteiger partial charge in [-0.3, -0.25) is 24.0 Å². The zero-order valence-electron chi connectivity index (χ0n) is 29.0. The number of halogens is 1. The van der Waals surface area contributed by atoms with E-state index in [-0.39, 0.29) is 41.0 Å². The quantitative estimate of drug-likeness (QED) is 0.104. The maximum Gasteiger partial charge on any atom is 0.273 e. The molecular formula is C37H41ClN4O8S. The topological polar surface area (TPSA) is 148 Å². The molecule has 0 radical (unpaired) electrons. The van der Waals surface area contributed by atoms with Crippen molar-refractivity contribution in [1.82, 2.24) is 10.2 Å². The lowest BCUT2D eigenvalue weighted by Gasteiger charge is -2.34. The lowest BCUT2D eigenvalue weighted by molar-refractivity contribution is -0.385. The third kappa shape index (κ3) is 9.56. The van der Waals surface area contributed by atoms with E-state index in [1.807, 2.05) is 44.2 Å². The summed E-state index contributed by atoms with van der Waals surface area (Å²) in [5.41, 5.74) is 1.16. The van der Waals surface area contributed by atoms with E-state index < -0.39 is 49.9 Å². The van der Waals surface area contributed by atoms with Crippen LogP contribution in [0.5, 0.6) is 11.5 Å². The molecule has 0 bridgehead atoms. The number of amides is 2. The second-order valence-corrected chi connectivity index (χ2v) is 14.2. The van der Waals surface area contributed by atoms with Crippen molar-refractivity contribution in [2.24, 2.45) is 0 Å². The van der Waals surface area contributed by atoms with Crippen LogP contribution in [0.4, 0.5) is 11.4 Å². The van der Waals surface area contributed by atoms with E-state index in [0.717, 1.165) is 15.9 Å². The summed E-state index contributed by atoms with van der Waals surface area (Å²) in [4.78, 5) is 40.9. The molecule has 14 heteroatoms. The molecule has 0 saturated carbocycles. The van der Waals surface area contributed by atoms with Gasteiger partial charge in [-0.2, -0.15) is 0 Å². The Bertz CT molecular complexity index is 1980. The summed E-state index contributed by atoms with van der Waals surface area (Å²) >= 11 is 6.35. The number of carbonyl (C=O) groups is 2. The number of hydrogen-bond donors (Lipinski definition) is 1. The summed E-state index contributed by atoms with van der Waals surface area (Å²) in [6.07, 6.45) is 0.757. The number of hydrogen-bond acceptors (Lipinski definition) is 8. The Morgan fingerprint density at radius 1 is 0.941 bits per heavy atom. The lowest BCUT2D eigenvalue weighted by atomic mass is 10.0. The van der Waals surface area contributed by atoms with Crippen LogP contribution in [0.15, 0.2) is 95.9 Å². The first-order chi connectivity index (χ1) is 24.3. The van der Waals surface area contributed by atoms with E-state index in [1.165, 1.54) is 56.4 Å². The fraction of sp³-hybridized carbons (Fsp3) is 0.297. The van der Waals surface area contributed by atoms with Crippen molar-refractivity contribution in [3.63, 3.8) is 0 Å². The largest absolute Gasteiger partial charge is 0.497 e. The molecule has 4 aromatic carbocycles. The van der Waals surface area contributed by atoms with Crippen molar-refractivity contribution < 1.29 is 32.4 Å². The van der Waals surface area contributed by atoms with Crippen LogP contribution < -0.4 is 19.1 Å². The number of carbonyl (C=O) groups excluding carboxylic acids is 2. The predicted octanol–water partition coefficient (Wildman–Crippen LogP) is 6.32. The molecule has 0 saturated heterocycles. The van der Waals surface area contributed by atoms with Gasteiger partial charge in [-0.05, 0) is 67.8 Å². The molecule has 2 atom stereocenters. The second kappa shape index (κ2) is 17.2. The Morgan fingerprint density at radius 3 is 2.29 bits per heavy atom. The number of methoxy groups -OCH3 is 2. The third-order valence-electron chi connectivity index (χ3n) is 8.41. The summed E-state index contributed by atoms with van der Waals surface area (Å²) in [6.45, 7) is 4.37. The van der Waals surface area contributed by atoms with Crippen molar-refractivity contribution >= 4 is 44.8 Å². The van der Waals surface area contributed by atoms with Crippen molar-refractivity contribution in [3.8, 4) is 11.5 Å². The molecule has 0 heterocycles. The van der Waals surface area contributed by atoms with Crippen molar-refractivity contribution in [1.29, 1.82) is 0 Å². The van der Waals surface area contributed by atoms with Crippen LogP contribution in [0, 0.1) is 17.0 Å². The number of rotatable bonds is 16. The number of sulfonamides is 1. The average molecular weight is 737 g/mol. The average Bonchev–Trinajstić information content (AvgIpc) is 3.12. The number of nitrogens with zero attached hydrogens (tertiary/aromatic N) is 3. The highest BCUT2D eigenvalue weighted by Gasteiger charge is 2.36. The van der Waals surface area contributed by atoms with E-state index in [1.54, 1.807) is 24.3 Å². The van der Waals surface area contributed by atoms with Crippen LogP contribution in [0.1, 0.15) is 37.0 Å². The van der Waals surface area contributed by atoms with Gasteiger partial charge in [0.05, 0.1) is 29.7 Å². The van der Waals surface area contributed by atoms with E-state index in [2.05, 4.69) is 5.32 Å². The molecule has 0 aromatic heterocycles. The summed E-state index contributed by atoms with van der Waals surface area (Å²) in [7, 11) is -1.85. The van der Waals surface area contributed by atoms with Crippen molar-refractivity contribution in [3.05, 3.63) is 123 Å². The maximum atomic E-state index is 14.8. The normalized spacial score (nSPS) is 12.4. The molecule has 270 valence electrons. The standard InChI is InChI=1S/C37H41ClN4O8S/c1-6-26(3)39-37(44)34(20-27-11-8-7-9-12-27)40(23-28-13-10-14-30(19-28)49-4)36(43)24-41(33-21-29(38)16-18-35(33)50-5)51(47,48)31-17-15-25(2)32(22-31)42(45)46/h7-19,21-22,26,34H,6,20,23-24H2,1-5H3,(H,39,44)/t26-,34-/m0/s1. The van der Waals surface area contributed by atoms with Gasteiger partial charge in [0.25, 0.3) is 15.7 Å². The van der Waals surface area contributed by atoms with Gasteiger partial charge in [-0.25, -0.2) is 8.42 Å². The minimum Gasteiger partial charge on any atom is -0.497 e. The van der Waals surface area contributed by atoms with Gasteiger partial charge < -0.3 is 19.7 Å². The Balaban J connectivity index is 1.91. The molecule has 2 amide bonds. The summed E-state index contributed by atoms with van der Waals surface area (Å²) in [5, 5.41) is 15.0. The van der Waals surface area contributed by atoms with Gasteiger partial charge >= 0.3 is 0 Å². The highest BCUT2D eigenvalue weighted by molar-refractivity contribution is 7.92. The minimum atomic E-state index is -4.69. The molecule has 0 fully saturated rings. The number of benzene rings is 4. The van der Waals surface area contributed by atoms with E-state index in [0.29, 0.717) is 17.7 Å². The van der Waals surface area contributed by atoms with E-state index in [4.69, 9.17) is 21.1 Å². The van der Waals surface area contributed by atoms with Crippen LogP contribution in [0.2, 0.25) is 5.02 Å². The number of aryl methyl sites for hydroxylation is 1. The molecule has 0 unspecified atom stereocenters. The highest BCUT2D eigenvalue weighted by atomic mass is 35.5. The molecule has 4 aromatic rings. The van der Waals surface area contributed by atoms with Crippen LogP contribution in [0.3, 0.4) is 0 Å². The van der Waals surface area contributed by atoms with Crippen LogP contribution in [-0.4, -0.2) is 62.9 Å². The highest BCUT2D eigenvalue weighted by Crippen LogP contribution is 2.36. The first-order valence-electron chi connectivity index (χ1n) is 16.2. The first kappa shape index (κ1) is 38.7. The number of anilines is 1. The molecule has 4 rings (SSSR count). The van der Waals surface area contributed by atoms with Gasteiger partial charge in [0.2, 0.25) is 11.8 Å². The van der Waals surface area contributed by atoms with Crippen LogP contribution >= 0.6 is 11.6 Å². The zero-order chi connectivity index (χ0) is 37.3. The Kier molecular flexibility index (Phi) is 13.0. The molecule has 12 nitrogen and oxygen atoms in total. The molecule has 0 aliphatic carbocycles. The summed E-state index contributed by atoms with van der Waals surface area (Å²) in [5.74, 6) is -0.553. The Hall–Kier alpha value is -5.14. The predicted molar refractivity (Wildman–Crippen MR) is 196 cm³/mol. The van der Waals surface area contributed by atoms with Crippen LogP contribution in [-0.2, 0) is 32.6 Å². The fourth-order valence-corrected chi connectivity index (χ4v) is 7.01. The SMILES string of the molecule is CC[C@H](C)NC(=O)[C@H](Cc1ccccc1)N(Cc1cccc(OC)c1)C(=O)CN(c1cc(Cl)ccc1OC)S(=O)(=O)c1ccc(C)c([N+](=O)[O-])c1. The van der Waals surface area contributed by atoms with Gasteiger partial charge in [0.1, 0.15) is 24.1 Å². The zero-order valence-corrected chi connectivity index (χ0v) is 30.6. The third-order valence-corrected chi connectivity index (χ3v) is 10.4.